The van der Waals surface area contributed by atoms with Crippen molar-refractivity contribution in [1.82, 2.24) is 5.32 Å². The van der Waals surface area contributed by atoms with Crippen molar-refractivity contribution in [1.29, 1.82) is 0 Å². The zero-order valence-corrected chi connectivity index (χ0v) is 17.8. The van der Waals surface area contributed by atoms with Crippen LogP contribution in [0.25, 0.3) is 0 Å². The first-order chi connectivity index (χ1) is 14.6. The molecule has 3 aromatic carbocycles. The van der Waals surface area contributed by atoms with Gasteiger partial charge in [-0.05, 0) is 47.7 Å². The van der Waals surface area contributed by atoms with Crippen LogP contribution in [0.3, 0.4) is 0 Å². The molecule has 1 N–H and O–H groups in total. The van der Waals surface area contributed by atoms with Gasteiger partial charge in [0.05, 0.1) is 18.7 Å². The highest BCUT2D eigenvalue weighted by Gasteiger charge is 2.19. The van der Waals surface area contributed by atoms with Gasteiger partial charge in [-0.2, -0.15) is 0 Å². The molecule has 4 nitrogen and oxygen atoms in total. The molecule has 4 heteroatoms. The highest BCUT2D eigenvalue weighted by Crippen LogP contribution is 2.26. The van der Waals surface area contributed by atoms with Gasteiger partial charge >= 0.3 is 0 Å². The lowest BCUT2D eigenvalue weighted by molar-refractivity contribution is 0.0927. The molecular formula is C26H29NO3. The summed E-state index contributed by atoms with van der Waals surface area (Å²) in [6, 6.07) is 25.1. The van der Waals surface area contributed by atoms with Gasteiger partial charge in [-0.3, -0.25) is 4.79 Å². The summed E-state index contributed by atoms with van der Waals surface area (Å²) in [5.41, 5.74) is 2.65. The summed E-state index contributed by atoms with van der Waals surface area (Å²) >= 11 is 0. The maximum Gasteiger partial charge on any atom is 0.255 e. The Morgan fingerprint density at radius 1 is 0.900 bits per heavy atom. The second-order valence-corrected chi connectivity index (χ2v) is 7.70. The molecule has 3 rings (SSSR count). The summed E-state index contributed by atoms with van der Waals surface area (Å²) in [6.07, 6.45) is 0.838. The van der Waals surface area contributed by atoms with Crippen LogP contribution >= 0.6 is 0 Å². The van der Waals surface area contributed by atoms with Gasteiger partial charge in [0.2, 0.25) is 0 Å². The number of ether oxygens (including phenoxy) is 2. The smallest absolute Gasteiger partial charge is 0.255 e. The molecule has 0 saturated carbocycles. The van der Waals surface area contributed by atoms with Crippen molar-refractivity contribution in [3.8, 4) is 11.5 Å². The minimum atomic E-state index is -0.139. The summed E-state index contributed by atoms with van der Waals surface area (Å²) in [4.78, 5) is 13.1. The highest BCUT2D eigenvalue weighted by atomic mass is 16.5. The molecular weight excluding hydrogens is 374 g/mol. The summed E-state index contributed by atoms with van der Waals surface area (Å²) in [5.74, 6) is 1.67. The van der Waals surface area contributed by atoms with E-state index in [-0.39, 0.29) is 11.9 Å². The van der Waals surface area contributed by atoms with Crippen molar-refractivity contribution in [2.75, 3.05) is 7.11 Å². The molecule has 3 aromatic rings. The summed E-state index contributed by atoms with van der Waals surface area (Å²) in [7, 11) is 1.65. The van der Waals surface area contributed by atoms with E-state index in [9.17, 15) is 4.79 Å². The van der Waals surface area contributed by atoms with Gasteiger partial charge in [0.25, 0.3) is 5.91 Å². The monoisotopic (exact) mass is 403 g/mol. The van der Waals surface area contributed by atoms with Crippen LogP contribution in [-0.2, 0) is 6.61 Å². The van der Waals surface area contributed by atoms with Gasteiger partial charge in [-0.25, -0.2) is 0 Å². The maximum absolute atomic E-state index is 13.1. The lowest BCUT2D eigenvalue weighted by atomic mass is 9.96. The molecule has 1 atom stereocenters. The summed E-state index contributed by atoms with van der Waals surface area (Å²) < 4.78 is 11.2. The van der Waals surface area contributed by atoms with Crippen LogP contribution < -0.4 is 14.8 Å². The Hall–Kier alpha value is -3.27. The van der Waals surface area contributed by atoms with Crippen LogP contribution in [0.2, 0.25) is 0 Å². The van der Waals surface area contributed by atoms with E-state index in [4.69, 9.17) is 9.47 Å². The fourth-order valence-corrected chi connectivity index (χ4v) is 3.34. The van der Waals surface area contributed by atoms with Crippen molar-refractivity contribution in [3.05, 3.63) is 95.6 Å². The van der Waals surface area contributed by atoms with E-state index in [0.717, 1.165) is 23.3 Å². The average Bonchev–Trinajstić information content (AvgIpc) is 2.78. The molecule has 1 amide bonds. The Morgan fingerprint density at radius 2 is 1.57 bits per heavy atom. The average molecular weight is 404 g/mol. The number of nitrogens with one attached hydrogen (secondary N) is 1. The third-order valence-corrected chi connectivity index (χ3v) is 4.90. The number of carbonyl (C=O) groups excluding carboxylic acids is 1. The molecule has 0 aliphatic heterocycles. The molecule has 0 spiro atoms. The second-order valence-electron chi connectivity index (χ2n) is 7.70. The number of hydrogen-bond donors (Lipinski definition) is 1. The van der Waals surface area contributed by atoms with Crippen LogP contribution in [-0.4, -0.2) is 13.0 Å². The van der Waals surface area contributed by atoms with Gasteiger partial charge in [0, 0.05) is 0 Å². The van der Waals surface area contributed by atoms with Gasteiger partial charge in [-0.1, -0.05) is 68.4 Å². The number of methoxy groups -OCH3 is 1. The minimum Gasteiger partial charge on any atom is -0.497 e. The molecule has 0 bridgehead atoms. The van der Waals surface area contributed by atoms with Gasteiger partial charge in [0.15, 0.2) is 0 Å². The minimum absolute atomic E-state index is 0.0921. The zero-order valence-electron chi connectivity index (χ0n) is 17.8. The zero-order chi connectivity index (χ0) is 21.3. The van der Waals surface area contributed by atoms with Crippen molar-refractivity contribution < 1.29 is 14.3 Å². The van der Waals surface area contributed by atoms with Crippen LogP contribution in [0.1, 0.15) is 47.8 Å². The molecule has 0 radical (unpaired) electrons. The van der Waals surface area contributed by atoms with Gasteiger partial charge in [-0.15, -0.1) is 0 Å². The van der Waals surface area contributed by atoms with E-state index in [1.54, 1.807) is 13.2 Å². The molecule has 0 aliphatic rings. The number of para-hydroxylation sites is 1. The van der Waals surface area contributed by atoms with Crippen molar-refractivity contribution in [2.24, 2.45) is 5.92 Å². The van der Waals surface area contributed by atoms with E-state index in [1.807, 2.05) is 72.8 Å². The number of amides is 1. The number of rotatable bonds is 9. The summed E-state index contributed by atoms with van der Waals surface area (Å²) in [5, 5.41) is 3.20. The quantitative estimate of drug-likeness (QED) is 0.492. The number of benzene rings is 3. The first kappa shape index (κ1) is 21.4. The lowest BCUT2D eigenvalue weighted by Crippen LogP contribution is -2.30. The number of hydrogen-bond acceptors (Lipinski definition) is 3. The molecule has 156 valence electrons. The van der Waals surface area contributed by atoms with Crippen molar-refractivity contribution >= 4 is 5.91 Å². The predicted molar refractivity (Wildman–Crippen MR) is 120 cm³/mol. The van der Waals surface area contributed by atoms with E-state index in [1.165, 1.54) is 0 Å². The van der Waals surface area contributed by atoms with E-state index in [2.05, 4.69) is 19.2 Å². The Kier molecular flexibility index (Phi) is 7.50. The van der Waals surface area contributed by atoms with Gasteiger partial charge < -0.3 is 14.8 Å². The van der Waals surface area contributed by atoms with Crippen LogP contribution in [0.5, 0.6) is 11.5 Å². The van der Waals surface area contributed by atoms with Gasteiger partial charge in [0.1, 0.15) is 18.1 Å². The first-order valence-corrected chi connectivity index (χ1v) is 10.3. The van der Waals surface area contributed by atoms with Crippen molar-refractivity contribution in [3.63, 3.8) is 0 Å². The topological polar surface area (TPSA) is 47.6 Å². The molecule has 0 heterocycles. The largest absolute Gasteiger partial charge is 0.497 e. The second kappa shape index (κ2) is 10.5. The highest BCUT2D eigenvalue weighted by molar-refractivity contribution is 5.97. The fraction of sp³-hybridized carbons (Fsp3) is 0.269. The number of carbonyl (C=O) groups is 1. The Morgan fingerprint density at radius 3 is 2.23 bits per heavy atom. The molecule has 0 saturated heterocycles. The fourth-order valence-electron chi connectivity index (χ4n) is 3.34. The third-order valence-electron chi connectivity index (χ3n) is 4.90. The normalized spacial score (nSPS) is 11.7. The Bertz CT molecular complexity index is 936. The predicted octanol–water partition coefficient (Wildman–Crippen LogP) is 5.79. The molecule has 1 unspecified atom stereocenters. The molecule has 0 aromatic heterocycles. The maximum atomic E-state index is 13.1. The Labute approximate surface area is 178 Å². The first-order valence-electron chi connectivity index (χ1n) is 10.3. The molecule has 30 heavy (non-hydrogen) atoms. The van der Waals surface area contributed by atoms with Crippen LogP contribution in [0.15, 0.2) is 78.9 Å². The van der Waals surface area contributed by atoms with Crippen LogP contribution in [0, 0.1) is 5.92 Å². The van der Waals surface area contributed by atoms with Crippen LogP contribution in [0.4, 0.5) is 0 Å². The SMILES string of the molecule is COc1ccc(C(CC(C)C)NC(=O)c2ccccc2OCc2ccccc2)cc1. The van der Waals surface area contributed by atoms with E-state index in [0.29, 0.717) is 23.8 Å². The van der Waals surface area contributed by atoms with E-state index < -0.39 is 0 Å². The standard InChI is InChI=1S/C26H29NO3/c1-19(2)17-24(21-13-15-22(29-3)16-14-21)27-26(28)23-11-7-8-12-25(23)30-18-20-9-5-4-6-10-20/h4-16,19,24H,17-18H2,1-3H3,(H,27,28). The lowest BCUT2D eigenvalue weighted by Gasteiger charge is -2.22. The third kappa shape index (κ3) is 5.86. The van der Waals surface area contributed by atoms with Crippen molar-refractivity contribution in [2.45, 2.75) is 32.9 Å². The Balaban J connectivity index is 1.76. The molecule has 0 fully saturated rings. The van der Waals surface area contributed by atoms with E-state index >= 15 is 0 Å². The molecule has 0 aliphatic carbocycles. The summed E-state index contributed by atoms with van der Waals surface area (Å²) in [6.45, 7) is 4.72.